The third-order valence-corrected chi connectivity index (χ3v) is 6.58. The van der Waals surface area contributed by atoms with E-state index in [0.717, 1.165) is 24.0 Å². The molecule has 2 N–H and O–H groups in total. The molecule has 3 rings (SSSR count). The number of hydrogen-bond acceptors (Lipinski definition) is 3. The average Bonchev–Trinajstić information content (AvgIpc) is 2.91. The highest BCUT2D eigenvalue weighted by atomic mass is 35.5. The van der Waals surface area contributed by atoms with Crippen LogP contribution >= 0.6 is 24.2 Å². The van der Waals surface area contributed by atoms with E-state index >= 15 is 0 Å². The highest BCUT2D eigenvalue weighted by molar-refractivity contribution is 7.99. The van der Waals surface area contributed by atoms with Crippen molar-refractivity contribution in [3.8, 4) is 0 Å². The van der Waals surface area contributed by atoms with Crippen LogP contribution in [0.25, 0.3) is 0 Å². The van der Waals surface area contributed by atoms with E-state index < -0.39 is 0 Å². The second-order valence-corrected chi connectivity index (χ2v) is 7.97. The van der Waals surface area contributed by atoms with Gasteiger partial charge in [0.05, 0.1) is 6.04 Å². The van der Waals surface area contributed by atoms with Crippen LogP contribution in [-0.4, -0.2) is 35.5 Å². The molecule has 2 saturated carbocycles. The van der Waals surface area contributed by atoms with Gasteiger partial charge in [0, 0.05) is 17.3 Å². The molecule has 0 aromatic carbocycles. The molecule has 21 heavy (non-hydrogen) atoms. The fourth-order valence-electron chi connectivity index (χ4n) is 4.31. The number of carbonyl (C=O) groups is 1. The van der Waals surface area contributed by atoms with Crippen molar-refractivity contribution in [2.45, 2.75) is 81.2 Å². The maximum Gasteiger partial charge on any atom is 0.237 e. The summed E-state index contributed by atoms with van der Waals surface area (Å²) in [7, 11) is 0. The Morgan fingerprint density at radius 3 is 2.67 bits per heavy atom. The zero-order valence-corrected chi connectivity index (χ0v) is 14.6. The molecule has 0 radical (unpaired) electrons. The fraction of sp³-hybridized carbons (Fsp3) is 0.938. The summed E-state index contributed by atoms with van der Waals surface area (Å²) in [6.07, 6.45) is 13.4. The van der Waals surface area contributed by atoms with Gasteiger partial charge < -0.3 is 10.6 Å². The Morgan fingerprint density at radius 2 is 1.90 bits per heavy atom. The predicted molar refractivity (Wildman–Crippen MR) is 92.2 cm³/mol. The van der Waals surface area contributed by atoms with Gasteiger partial charge in [0.1, 0.15) is 0 Å². The third kappa shape index (κ3) is 4.29. The molecule has 3 aliphatic rings. The largest absolute Gasteiger partial charge is 0.352 e. The van der Waals surface area contributed by atoms with Crippen LogP contribution in [0.4, 0.5) is 0 Å². The molecular formula is C16H29ClN2OS. The molecule has 0 bridgehead atoms. The van der Waals surface area contributed by atoms with Gasteiger partial charge in [-0.2, -0.15) is 11.8 Å². The van der Waals surface area contributed by atoms with Crippen molar-refractivity contribution in [1.82, 2.24) is 10.6 Å². The molecule has 0 spiro atoms. The molecule has 3 fully saturated rings. The van der Waals surface area contributed by atoms with Gasteiger partial charge in [-0.3, -0.25) is 4.79 Å². The molecule has 2 aliphatic carbocycles. The topological polar surface area (TPSA) is 41.1 Å². The number of rotatable bonds is 3. The van der Waals surface area contributed by atoms with E-state index in [2.05, 4.69) is 16.9 Å². The number of thioether (sulfide) groups is 1. The Bertz CT molecular complexity index is 341. The van der Waals surface area contributed by atoms with Gasteiger partial charge in [-0.05, 0) is 50.7 Å². The van der Waals surface area contributed by atoms with E-state index in [-0.39, 0.29) is 24.4 Å². The van der Waals surface area contributed by atoms with Crippen LogP contribution < -0.4 is 10.6 Å². The second kappa shape index (κ2) is 8.07. The summed E-state index contributed by atoms with van der Waals surface area (Å²) in [5.41, 5.74) is 0. The summed E-state index contributed by atoms with van der Waals surface area (Å²) in [5, 5.41) is 7.65. The Hall–Kier alpha value is 0.0700. The van der Waals surface area contributed by atoms with Crippen molar-refractivity contribution < 1.29 is 4.79 Å². The lowest BCUT2D eigenvalue weighted by atomic mass is 9.85. The van der Waals surface area contributed by atoms with E-state index in [1.54, 1.807) is 0 Å². The molecule has 5 heteroatoms. The van der Waals surface area contributed by atoms with Crippen LogP contribution in [0, 0.1) is 5.92 Å². The van der Waals surface area contributed by atoms with Crippen molar-refractivity contribution in [2.75, 3.05) is 6.26 Å². The van der Waals surface area contributed by atoms with Crippen molar-refractivity contribution in [1.29, 1.82) is 0 Å². The molecule has 1 amide bonds. The Morgan fingerprint density at radius 1 is 1.10 bits per heavy atom. The summed E-state index contributed by atoms with van der Waals surface area (Å²) in [4.78, 5) is 12.5. The summed E-state index contributed by atoms with van der Waals surface area (Å²) in [6, 6.07) is 1.11. The van der Waals surface area contributed by atoms with Gasteiger partial charge in [0.2, 0.25) is 5.91 Å². The van der Waals surface area contributed by atoms with E-state index in [1.165, 1.54) is 44.9 Å². The first kappa shape index (κ1) is 17.4. The van der Waals surface area contributed by atoms with E-state index in [9.17, 15) is 4.79 Å². The first-order valence-electron chi connectivity index (χ1n) is 8.35. The van der Waals surface area contributed by atoms with Crippen molar-refractivity contribution >= 4 is 30.1 Å². The monoisotopic (exact) mass is 332 g/mol. The van der Waals surface area contributed by atoms with Gasteiger partial charge in [-0.1, -0.05) is 19.3 Å². The first-order valence-corrected chi connectivity index (χ1v) is 9.64. The number of halogens is 1. The van der Waals surface area contributed by atoms with Gasteiger partial charge in [-0.25, -0.2) is 0 Å². The molecule has 1 aliphatic heterocycles. The van der Waals surface area contributed by atoms with Crippen LogP contribution in [0.5, 0.6) is 0 Å². The molecule has 1 heterocycles. The second-order valence-electron chi connectivity index (χ2n) is 6.84. The van der Waals surface area contributed by atoms with Crippen molar-refractivity contribution in [2.24, 2.45) is 5.92 Å². The van der Waals surface area contributed by atoms with Crippen LogP contribution in [0.2, 0.25) is 0 Å². The fourth-order valence-corrected chi connectivity index (χ4v) is 5.14. The first-order chi connectivity index (χ1) is 9.76. The minimum absolute atomic E-state index is 0. The molecule has 5 unspecified atom stereocenters. The standard InChI is InChI=1S/C16H28N2OS.ClH/c1-20-13-7-4-6-12(10-13)17-16(19)15-9-11-5-2-3-8-14(11)18-15;/h11-15,18H,2-10H2,1H3,(H,17,19);1H. The van der Waals surface area contributed by atoms with Crippen LogP contribution in [0.3, 0.4) is 0 Å². The maximum absolute atomic E-state index is 12.5. The quantitative estimate of drug-likeness (QED) is 0.834. The lowest BCUT2D eigenvalue weighted by Crippen LogP contribution is -2.48. The summed E-state index contributed by atoms with van der Waals surface area (Å²) < 4.78 is 0. The van der Waals surface area contributed by atoms with E-state index in [0.29, 0.717) is 12.1 Å². The highest BCUT2D eigenvalue weighted by Crippen LogP contribution is 2.33. The third-order valence-electron chi connectivity index (χ3n) is 5.49. The number of hydrogen-bond donors (Lipinski definition) is 2. The smallest absolute Gasteiger partial charge is 0.237 e. The van der Waals surface area contributed by atoms with E-state index in [1.807, 2.05) is 11.8 Å². The Balaban J connectivity index is 0.00000161. The normalized spacial score (nSPS) is 39.2. The summed E-state index contributed by atoms with van der Waals surface area (Å²) in [5.74, 6) is 1.02. The summed E-state index contributed by atoms with van der Waals surface area (Å²) >= 11 is 1.96. The molecule has 1 saturated heterocycles. The van der Waals surface area contributed by atoms with Crippen molar-refractivity contribution in [3.05, 3.63) is 0 Å². The minimum atomic E-state index is 0. The Labute approximate surface area is 139 Å². The average molecular weight is 333 g/mol. The lowest BCUT2D eigenvalue weighted by Gasteiger charge is -2.29. The highest BCUT2D eigenvalue weighted by Gasteiger charge is 2.38. The molecular weight excluding hydrogens is 304 g/mol. The van der Waals surface area contributed by atoms with Gasteiger partial charge in [0.25, 0.3) is 0 Å². The zero-order valence-electron chi connectivity index (χ0n) is 13.0. The van der Waals surface area contributed by atoms with Gasteiger partial charge >= 0.3 is 0 Å². The number of amides is 1. The lowest BCUT2D eigenvalue weighted by molar-refractivity contribution is -0.123. The van der Waals surface area contributed by atoms with Crippen LogP contribution in [0.15, 0.2) is 0 Å². The summed E-state index contributed by atoms with van der Waals surface area (Å²) in [6.45, 7) is 0. The zero-order chi connectivity index (χ0) is 13.9. The molecule has 5 atom stereocenters. The molecule has 3 nitrogen and oxygen atoms in total. The minimum Gasteiger partial charge on any atom is -0.352 e. The SMILES string of the molecule is CSC1CCCC(NC(=O)C2CC3CCCCC3N2)C1.Cl. The predicted octanol–water partition coefficient (Wildman–Crippen LogP) is 3.12. The number of carbonyl (C=O) groups excluding carboxylic acids is 1. The number of nitrogens with one attached hydrogen (secondary N) is 2. The molecule has 0 aromatic rings. The van der Waals surface area contributed by atoms with E-state index in [4.69, 9.17) is 0 Å². The van der Waals surface area contributed by atoms with Gasteiger partial charge in [-0.15, -0.1) is 12.4 Å². The number of fused-ring (bicyclic) bond motifs is 1. The van der Waals surface area contributed by atoms with Crippen LogP contribution in [-0.2, 0) is 4.79 Å². The van der Waals surface area contributed by atoms with Gasteiger partial charge in [0.15, 0.2) is 0 Å². The van der Waals surface area contributed by atoms with Crippen LogP contribution in [0.1, 0.15) is 57.8 Å². The molecule has 122 valence electrons. The molecule has 0 aromatic heterocycles. The maximum atomic E-state index is 12.5. The van der Waals surface area contributed by atoms with Crippen molar-refractivity contribution in [3.63, 3.8) is 0 Å². The Kier molecular flexibility index (Phi) is 6.70.